The van der Waals surface area contributed by atoms with Gasteiger partial charge in [0, 0.05) is 25.0 Å². The highest BCUT2D eigenvalue weighted by atomic mass is 127. The van der Waals surface area contributed by atoms with Crippen LogP contribution < -0.4 is 0 Å². The number of carbonyl (C=O) groups is 1. The third-order valence-electron chi connectivity index (χ3n) is 2.59. The SMILES string of the molecule is O=C(Cc1ccc(Br)cc1F)c1cc(Cl)ccc1I. The number of ketones is 1. The van der Waals surface area contributed by atoms with Crippen molar-refractivity contribution in [2.24, 2.45) is 0 Å². The summed E-state index contributed by atoms with van der Waals surface area (Å²) in [5.41, 5.74) is 0.902. The van der Waals surface area contributed by atoms with E-state index in [4.69, 9.17) is 11.6 Å². The maximum absolute atomic E-state index is 13.7. The maximum Gasteiger partial charge on any atom is 0.168 e. The molecule has 2 aromatic carbocycles. The monoisotopic (exact) mass is 452 g/mol. The van der Waals surface area contributed by atoms with Crippen molar-refractivity contribution in [3.63, 3.8) is 0 Å². The summed E-state index contributed by atoms with van der Waals surface area (Å²) in [6.45, 7) is 0. The zero-order chi connectivity index (χ0) is 14.0. The molecular formula is C14H8BrClFIO. The Morgan fingerprint density at radius 1 is 1.26 bits per heavy atom. The molecule has 5 heteroatoms. The van der Waals surface area contributed by atoms with Crippen LogP contribution in [-0.2, 0) is 6.42 Å². The second-order valence-electron chi connectivity index (χ2n) is 3.96. The molecule has 19 heavy (non-hydrogen) atoms. The summed E-state index contributed by atoms with van der Waals surface area (Å²) in [5, 5.41) is 0.500. The summed E-state index contributed by atoms with van der Waals surface area (Å²) in [5.74, 6) is -0.534. The minimum Gasteiger partial charge on any atom is -0.294 e. The maximum atomic E-state index is 13.7. The van der Waals surface area contributed by atoms with Crippen molar-refractivity contribution in [2.45, 2.75) is 6.42 Å². The quantitative estimate of drug-likeness (QED) is 0.457. The molecule has 98 valence electrons. The van der Waals surface area contributed by atoms with Crippen molar-refractivity contribution >= 4 is 55.9 Å². The van der Waals surface area contributed by atoms with Crippen LogP contribution >= 0.6 is 50.1 Å². The Hall–Kier alpha value is -0.460. The Labute approximate surface area is 137 Å². The average molecular weight is 453 g/mol. The van der Waals surface area contributed by atoms with E-state index >= 15 is 0 Å². The predicted octanol–water partition coefficient (Wildman–Crippen LogP) is 5.27. The first-order chi connectivity index (χ1) is 8.97. The number of rotatable bonds is 3. The van der Waals surface area contributed by atoms with Gasteiger partial charge in [0.2, 0.25) is 0 Å². The molecule has 0 aromatic heterocycles. The van der Waals surface area contributed by atoms with Gasteiger partial charge in [0.05, 0.1) is 0 Å². The van der Waals surface area contributed by atoms with Crippen LogP contribution in [0.15, 0.2) is 40.9 Å². The van der Waals surface area contributed by atoms with Crippen LogP contribution in [-0.4, -0.2) is 5.78 Å². The molecule has 0 fully saturated rings. The van der Waals surface area contributed by atoms with E-state index in [-0.39, 0.29) is 18.0 Å². The van der Waals surface area contributed by atoms with Gasteiger partial charge in [0.15, 0.2) is 5.78 Å². The lowest BCUT2D eigenvalue weighted by Crippen LogP contribution is -2.07. The smallest absolute Gasteiger partial charge is 0.168 e. The Bertz CT molecular complexity index is 645. The van der Waals surface area contributed by atoms with Crippen LogP contribution in [0.5, 0.6) is 0 Å². The van der Waals surface area contributed by atoms with Crippen LogP contribution in [0.25, 0.3) is 0 Å². The zero-order valence-corrected chi connectivity index (χ0v) is 14.1. The van der Waals surface area contributed by atoms with Gasteiger partial charge in [0.25, 0.3) is 0 Å². The van der Waals surface area contributed by atoms with Crippen LogP contribution in [0, 0.1) is 9.39 Å². The Balaban J connectivity index is 2.28. The third-order valence-corrected chi connectivity index (χ3v) is 4.26. The highest BCUT2D eigenvalue weighted by Crippen LogP contribution is 2.21. The molecule has 0 aliphatic heterocycles. The first-order valence-electron chi connectivity index (χ1n) is 5.39. The van der Waals surface area contributed by atoms with Crippen LogP contribution in [0.2, 0.25) is 5.02 Å². The first-order valence-corrected chi connectivity index (χ1v) is 7.64. The molecule has 1 nitrogen and oxygen atoms in total. The summed E-state index contributed by atoms with van der Waals surface area (Å²) in [6, 6.07) is 9.78. The Morgan fingerprint density at radius 2 is 2.00 bits per heavy atom. The molecule has 0 amide bonds. The van der Waals surface area contributed by atoms with Gasteiger partial charge < -0.3 is 0 Å². The molecule has 0 bridgehead atoms. The van der Waals surface area contributed by atoms with E-state index in [0.717, 1.165) is 3.57 Å². The molecule has 0 saturated carbocycles. The second kappa shape index (κ2) is 6.33. The van der Waals surface area contributed by atoms with Crippen molar-refractivity contribution in [2.75, 3.05) is 0 Å². The van der Waals surface area contributed by atoms with Crippen molar-refractivity contribution in [3.8, 4) is 0 Å². The Morgan fingerprint density at radius 3 is 2.68 bits per heavy atom. The minimum atomic E-state index is -0.389. The van der Waals surface area contributed by atoms with Gasteiger partial charge in [-0.3, -0.25) is 4.79 Å². The van der Waals surface area contributed by atoms with Gasteiger partial charge in [-0.05, 0) is 58.5 Å². The zero-order valence-electron chi connectivity index (χ0n) is 9.59. The number of halogens is 4. The number of hydrogen-bond donors (Lipinski definition) is 0. The molecule has 0 radical (unpaired) electrons. The molecule has 0 unspecified atom stereocenters. The van der Waals surface area contributed by atoms with E-state index in [2.05, 4.69) is 38.5 Å². The van der Waals surface area contributed by atoms with Gasteiger partial charge >= 0.3 is 0 Å². The van der Waals surface area contributed by atoms with E-state index in [1.54, 1.807) is 30.3 Å². The van der Waals surface area contributed by atoms with Gasteiger partial charge in [-0.25, -0.2) is 4.39 Å². The van der Waals surface area contributed by atoms with Gasteiger partial charge in [-0.15, -0.1) is 0 Å². The van der Waals surface area contributed by atoms with E-state index in [1.165, 1.54) is 6.07 Å². The van der Waals surface area contributed by atoms with E-state index in [0.29, 0.717) is 20.6 Å². The first kappa shape index (κ1) is 14.9. The minimum absolute atomic E-state index is 0.0233. The molecule has 0 N–H and O–H groups in total. The van der Waals surface area contributed by atoms with E-state index in [1.807, 2.05) is 0 Å². The van der Waals surface area contributed by atoms with E-state index in [9.17, 15) is 9.18 Å². The van der Waals surface area contributed by atoms with Crippen molar-refractivity contribution in [1.29, 1.82) is 0 Å². The second-order valence-corrected chi connectivity index (χ2v) is 6.47. The molecule has 2 aromatic rings. The van der Waals surface area contributed by atoms with Crippen LogP contribution in [0.1, 0.15) is 15.9 Å². The number of Topliss-reactive ketones (excluding diaryl/α,β-unsaturated/α-hetero) is 1. The van der Waals surface area contributed by atoms with Gasteiger partial charge in [-0.2, -0.15) is 0 Å². The van der Waals surface area contributed by atoms with Crippen molar-refractivity contribution in [1.82, 2.24) is 0 Å². The molecule has 0 aliphatic rings. The van der Waals surface area contributed by atoms with Crippen molar-refractivity contribution in [3.05, 3.63) is 66.4 Å². The lowest BCUT2D eigenvalue weighted by molar-refractivity contribution is 0.0991. The molecule has 0 saturated heterocycles. The molecular weight excluding hydrogens is 445 g/mol. The van der Waals surface area contributed by atoms with Gasteiger partial charge in [0.1, 0.15) is 5.82 Å². The largest absolute Gasteiger partial charge is 0.294 e. The van der Waals surface area contributed by atoms with Crippen molar-refractivity contribution < 1.29 is 9.18 Å². The molecule has 0 aliphatic carbocycles. The predicted molar refractivity (Wildman–Crippen MR) is 86.3 cm³/mol. The summed E-state index contributed by atoms with van der Waals surface area (Å²) < 4.78 is 15.2. The molecule has 0 heterocycles. The molecule has 0 spiro atoms. The lowest BCUT2D eigenvalue weighted by atomic mass is 10.0. The molecule has 2 rings (SSSR count). The van der Waals surface area contributed by atoms with Gasteiger partial charge in [-0.1, -0.05) is 33.6 Å². The third kappa shape index (κ3) is 3.77. The van der Waals surface area contributed by atoms with Crippen LogP contribution in [0.4, 0.5) is 4.39 Å². The Kier molecular flexibility index (Phi) is 4.97. The summed E-state index contributed by atoms with van der Waals surface area (Å²) in [7, 11) is 0. The number of hydrogen-bond acceptors (Lipinski definition) is 1. The standard InChI is InChI=1S/C14H8BrClFIO/c15-9-2-1-8(12(17)6-9)5-14(19)11-7-10(16)3-4-13(11)18/h1-4,6-7H,5H2. The fourth-order valence-electron chi connectivity index (χ4n) is 1.64. The average Bonchev–Trinajstić information content (AvgIpc) is 2.35. The highest BCUT2D eigenvalue weighted by molar-refractivity contribution is 14.1. The molecule has 0 atom stereocenters. The fourth-order valence-corrected chi connectivity index (χ4v) is 2.79. The summed E-state index contributed by atoms with van der Waals surface area (Å²) in [6.07, 6.45) is 0.0233. The lowest BCUT2D eigenvalue weighted by Gasteiger charge is -2.06. The number of carbonyl (C=O) groups excluding carboxylic acids is 1. The fraction of sp³-hybridized carbons (Fsp3) is 0.0714. The van der Waals surface area contributed by atoms with E-state index < -0.39 is 0 Å². The highest BCUT2D eigenvalue weighted by Gasteiger charge is 2.14. The summed E-state index contributed by atoms with van der Waals surface area (Å²) in [4.78, 5) is 12.2. The number of benzene rings is 2. The van der Waals surface area contributed by atoms with Crippen LogP contribution in [0.3, 0.4) is 0 Å². The topological polar surface area (TPSA) is 17.1 Å². The normalized spacial score (nSPS) is 10.5. The summed E-state index contributed by atoms with van der Waals surface area (Å²) >= 11 is 11.1.